The van der Waals surface area contributed by atoms with E-state index in [9.17, 15) is 8.42 Å². The van der Waals surface area contributed by atoms with Gasteiger partial charge in [0.2, 0.25) is 0 Å². The van der Waals surface area contributed by atoms with Gasteiger partial charge in [0, 0.05) is 6.61 Å². The maximum atomic E-state index is 10.4. The van der Waals surface area contributed by atoms with Gasteiger partial charge < -0.3 is 9.47 Å². The predicted octanol–water partition coefficient (Wildman–Crippen LogP) is 1.95. The standard InChI is InChI=1S/C12H24O6S/c1-2-3-4-5-8-16-9-11-6-7-12(18-11)10-17-19(13,14)15/h11-12H,2-10H2,1H3,(H,13,14,15)/t11-,12+/m1/s1. The summed E-state index contributed by atoms with van der Waals surface area (Å²) in [6, 6.07) is 0. The van der Waals surface area contributed by atoms with Crippen LogP contribution in [0.3, 0.4) is 0 Å². The van der Waals surface area contributed by atoms with Crippen LogP contribution in [0.25, 0.3) is 0 Å². The first-order valence-corrected chi connectivity index (χ1v) is 8.23. The molecule has 0 amide bonds. The highest BCUT2D eigenvalue weighted by Gasteiger charge is 2.26. The maximum absolute atomic E-state index is 10.4. The fourth-order valence-electron chi connectivity index (χ4n) is 2.03. The first kappa shape index (κ1) is 16.8. The Kier molecular flexibility index (Phi) is 7.86. The Morgan fingerprint density at radius 2 is 1.84 bits per heavy atom. The van der Waals surface area contributed by atoms with Gasteiger partial charge >= 0.3 is 10.4 Å². The summed E-state index contributed by atoms with van der Waals surface area (Å²) in [7, 11) is -4.37. The maximum Gasteiger partial charge on any atom is 0.397 e. The lowest BCUT2D eigenvalue weighted by Crippen LogP contribution is -2.22. The summed E-state index contributed by atoms with van der Waals surface area (Å²) in [6.07, 6.45) is 5.97. The van der Waals surface area contributed by atoms with Gasteiger partial charge in [-0.2, -0.15) is 8.42 Å². The van der Waals surface area contributed by atoms with Gasteiger partial charge in [0.05, 0.1) is 25.4 Å². The number of rotatable bonds is 10. The molecule has 1 saturated heterocycles. The molecule has 0 saturated carbocycles. The zero-order chi connectivity index (χ0) is 14.1. The van der Waals surface area contributed by atoms with Crippen LogP contribution in [0.1, 0.15) is 45.4 Å². The fraction of sp³-hybridized carbons (Fsp3) is 1.00. The lowest BCUT2D eigenvalue weighted by Gasteiger charge is -2.13. The van der Waals surface area contributed by atoms with Crippen molar-refractivity contribution in [1.29, 1.82) is 0 Å². The lowest BCUT2D eigenvalue weighted by atomic mass is 10.2. The van der Waals surface area contributed by atoms with Gasteiger partial charge in [0.1, 0.15) is 0 Å². The Balaban J connectivity index is 2.02. The molecule has 7 heteroatoms. The minimum Gasteiger partial charge on any atom is -0.379 e. The summed E-state index contributed by atoms with van der Waals surface area (Å²) in [4.78, 5) is 0. The van der Waals surface area contributed by atoms with E-state index in [1.165, 1.54) is 19.3 Å². The monoisotopic (exact) mass is 296 g/mol. The van der Waals surface area contributed by atoms with E-state index in [-0.39, 0.29) is 18.8 Å². The number of ether oxygens (including phenoxy) is 2. The van der Waals surface area contributed by atoms with Crippen LogP contribution in [-0.2, 0) is 24.1 Å². The molecular formula is C12H24O6S. The Labute approximate surface area is 115 Å². The third-order valence-corrected chi connectivity index (χ3v) is 3.48. The second-order valence-electron chi connectivity index (χ2n) is 4.81. The number of hydrogen-bond acceptors (Lipinski definition) is 5. The van der Waals surface area contributed by atoms with Gasteiger partial charge in [-0.25, -0.2) is 4.18 Å². The van der Waals surface area contributed by atoms with Crippen molar-refractivity contribution < 1.29 is 26.6 Å². The lowest BCUT2D eigenvalue weighted by molar-refractivity contribution is -0.0288. The number of unbranched alkanes of at least 4 members (excludes halogenated alkanes) is 3. The molecular weight excluding hydrogens is 272 g/mol. The Morgan fingerprint density at radius 3 is 2.47 bits per heavy atom. The van der Waals surface area contributed by atoms with Crippen molar-refractivity contribution in [3.05, 3.63) is 0 Å². The van der Waals surface area contributed by atoms with Crippen molar-refractivity contribution >= 4 is 10.4 Å². The highest BCUT2D eigenvalue weighted by Crippen LogP contribution is 2.20. The van der Waals surface area contributed by atoms with Gasteiger partial charge in [-0.05, 0) is 19.3 Å². The Bertz CT molecular complexity index is 329. The van der Waals surface area contributed by atoms with E-state index in [0.29, 0.717) is 6.61 Å². The van der Waals surface area contributed by atoms with E-state index >= 15 is 0 Å². The van der Waals surface area contributed by atoms with Crippen molar-refractivity contribution in [1.82, 2.24) is 0 Å². The second kappa shape index (κ2) is 8.86. The van der Waals surface area contributed by atoms with Gasteiger partial charge in [-0.15, -0.1) is 0 Å². The number of hydrogen-bond donors (Lipinski definition) is 1. The van der Waals surface area contributed by atoms with E-state index in [1.54, 1.807) is 0 Å². The first-order chi connectivity index (χ1) is 9.01. The minimum atomic E-state index is -4.37. The van der Waals surface area contributed by atoms with Crippen LogP contribution in [0.2, 0.25) is 0 Å². The quantitative estimate of drug-likeness (QED) is 0.490. The molecule has 1 heterocycles. The summed E-state index contributed by atoms with van der Waals surface area (Å²) in [5.74, 6) is 0. The molecule has 1 fully saturated rings. The smallest absolute Gasteiger partial charge is 0.379 e. The van der Waals surface area contributed by atoms with Crippen LogP contribution in [0, 0.1) is 0 Å². The fourth-order valence-corrected chi connectivity index (χ4v) is 2.36. The summed E-state index contributed by atoms with van der Waals surface area (Å²) in [5.41, 5.74) is 0. The molecule has 0 unspecified atom stereocenters. The Hall–Kier alpha value is -0.210. The van der Waals surface area contributed by atoms with Crippen LogP contribution in [0.15, 0.2) is 0 Å². The molecule has 1 aliphatic rings. The van der Waals surface area contributed by atoms with Crippen molar-refractivity contribution in [2.45, 2.75) is 57.7 Å². The average molecular weight is 296 g/mol. The van der Waals surface area contributed by atoms with Crippen LogP contribution in [-0.4, -0.2) is 45.0 Å². The van der Waals surface area contributed by atoms with Crippen molar-refractivity contribution in [3.8, 4) is 0 Å². The highest BCUT2D eigenvalue weighted by molar-refractivity contribution is 7.80. The molecule has 1 rings (SSSR count). The molecule has 1 aliphatic heterocycles. The molecule has 0 radical (unpaired) electrons. The van der Waals surface area contributed by atoms with Gasteiger partial charge in [0.15, 0.2) is 0 Å². The molecule has 0 aromatic carbocycles. The molecule has 0 aliphatic carbocycles. The molecule has 0 aromatic rings. The molecule has 1 N–H and O–H groups in total. The molecule has 0 bridgehead atoms. The third-order valence-electron chi connectivity index (χ3n) is 3.04. The van der Waals surface area contributed by atoms with E-state index in [1.807, 2.05) is 0 Å². The molecule has 2 atom stereocenters. The van der Waals surface area contributed by atoms with E-state index in [0.717, 1.165) is 25.9 Å². The van der Waals surface area contributed by atoms with Crippen LogP contribution in [0.4, 0.5) is 0 Å². The second-order valence-corrected chi connectivity index (χ2v) is 5.90. The highest BCUT2D eigenvalue weighted by atomic mass is 32.3. The van der Waals surface area contributed by atoms with E-state index in [2.05, 4.69) is 11.1 Å². The molecule has 0 spiro atoms. The summed E-state index contributed by atoms with van der Waals surface area (Å²) in [6.45, 7) is 3.31. The molecule has 114 valence electrons. The molecule has 0 aromatic heterocycles. The first-order valence-electron chi connectivity index (χ1n) is 6.86. The average Bonchev–Trinajstić information content (AvgIpc) is 2.78. The molecule has 6 nitrogen and oxygen atoms in total. The molecule has 19 heavy (non-hydrogen) atoms. The summed E-state index contributed by atoms with van der Waals surface area (Å²) >= 11 is 0. The topological polar surface area (TPSA) is 82.1 Å². The van der Waals surface area contributed by atoms with Crippen molar-refractivity contribution in [2.75, 3.05) is 19.8 Å². The van der Waals surface area contributed by atoms with Crippen LogP contribution < -0.4 is 0 Å². The SMILES string of the molecule is CCCCCCOC[C@H]1CC[C@@H](COS(=O)(=O)O)O1. The summed E-state index contributed by atoms with van der Waals surface area (Å²) in [5, 5.41) is 0. The van der Waals surface area contributed by atoms with Crippen molar-refractivity contribution in [2.24, 2.45) is 0 Å². The minimum absolute atomic E-state index is 0.00109. The van der Waals surface area contributed by atoms with Gasteiger partial charge in [-0.3, -0.25) is 4.55 Å². The third kappa shape index (κ3) is 8.54. The Morgan fingerprint density at radius 1 is 1.16 bits per heavy atom. The van der Waals surface area contributed by atoms with E-state index < -0.39 is 10.4 Å². The summed E-state index contributed by atoms with van der Waals surface area (Å²) < 4.78 is 44.7. The van der Waals surface area contributed by atoms with Crippen LogP contribution >= 0.6 is 0 Å². The normalized spacial score (nSPS) is 23.9. The largest absolute Gasteiger partial charge is 0.397 e. The zero-order valence-electron chi connectivity index (χ0n) is 11.4. The van der Waals surface area contributed by atoms with Gasteiger partial charge in [0.25, 0.3) is 0 Å². The van der Waals surface area contributed by atoms with E-state index in [4.69, 9.17) is 14.0 Å². The van der Waals surface area contributed by atoms with Gasteiger partial charge in [-0.1, -0.05) is 26.2 Å². The van der Waals surface area contributed by atoms with Crippen molar-refractivity contribution in [3.63, 3.8) is 0 Å². The zero-order valence-corrected chi connectivity index (χ0v) is 12.2. The van der Waals surface area contributed by atoms with Crippen LogP contribution in [0.5, 0.6) is 0 Å². The predicted molar refractivity (Wildman–Crippen MR) is 70.4 cm³/mol.